The maximum atomic E-state index is 13.4. The number of methoxy groups -OCH3 is 4. The Morgan fingerprint density at radius 2 is 1.29 bits per heavy atom. The van der Waals surface area contributed by atoms with E-state index in [0.717, 1.165) is 0 Å². The molecule has 182 valence electrons. The molecule has 0 atom stereocenters. The highest BCUT2D eigenvalue weighted by molar-refractivity contribution is 7.92. The van der Waals surface area contributed by atoms with Crippen LogP contribution in [-0.2, 0) is 10.0 Å². The smallest absolute Gasteiger partial charge is 0.266 e. The van der Waals surface area contributed by atoms with Crippen molar-refractivity contribution in [2.75, 3.05) is 38.5 Å². The zero-order valence-corrected chi connectivity index (χ0v) is 20.3. The van der Waals surface area contributed by atoms with Gasteiger partial charge in [0.15, 0.2) is 11.6 Å². The molecule has 11 heteroatoms. The molecule has 4 rings (SSSR count). The van der Waals surface area contributed by atoms with Gasteiger partial charge in [0.2, 0.25) is 0 Å². The molecule has 2 N–H and O–H groups in total. The molecule has 0 unspecified atom stereocenters. The maximum absolute atomic E-state index is 13.4. The van der Waals surface area contributed by atoms with E-state index in [1.165, 1.54) is 40.6 Å². The number of para-hydroxylation sites is 2. The Hall–Kier alpha value is -4.25. The third-order valence-electron chi connectivity index (χ3n) is 5.08. The first kappa shape index (κ1) is 23.9. The van der Waals surface area contributed by atoms with E-state index in [1.54, 1.807) is 42.5 Å². The summed E-state index contributed by atoms with van der Waals surface area (Å²) in [6.07, 6.45) is 0. The average Bonchev–Trinajstić information content (AvgIpc) is 2.88. The predicted molar refractivity (Wildman–Crippen MR) is 133 cm³/mol. The van der Waals surface area contributed by atoms with Gasteiger partial charge in [0.1, 0.15) is 27.9 Å². The number of hydrogen-bond acceptors (Lipinski definition) is 9. The van der Waals surface area contributed by atoms with Crippen molar-refractivity contribution in [3.8, 4) is 23.0 Å². The molecule has 0 radical (unpaired) electrons. The van der Waals surface area contributed by atoms with E-state index < -0.39 is 10.0 Å². The Morgan fingerprint density at radius 1 is 0.686 bits per heavy atom. The van der Waals surface area contributed by atoms with Crippen LogP contribution in [0.15, 0.2) is 65.6 Å². The lowest BCUT2D eigenvalue weighted by molar-refractivity contribution is 0.392. The van der Waals surface area contributed by atoms with Crippen LogP contribution in [0, 0.1) is 0 Å². The minimum absolute atomic E-state index is 0.00430. The molecular formula is C24H24N4O6S. The van der Waals surface area contributed by atoms with Gasteiger partial charge in [-0.25, -0.2) is 18.4 Å². The summed E-state index contributed by atoms with van der Waals surface area (Å²) in [6, 6.07) is 16.8. The van der Waals surface area contributed by atoms with Gasteiger partial charge in [-0.15, -0.1) is 0 Å². The van der Waals surface area contributed by atoms with Gasteiger partial charge in [-0.05, 0) is 24.3 Å². The third-order valence-corrected chi connectivity index (χ3v) is 6.44. The molecule has 0 aliphatic heterocycles. The second-order valence-corrected chi connectivity index (χ2v) is 8.91. The number of fused-ring (bicyclic) bond motifs is 1. The van der Waals surface area contributed by atoms with Crippen LogP contribution in [0.25, 0.3) is 11.0 Å². The standard InChI is InChI=1S/C24H24N4O6S/c1-31-16-9-10-21(34-4)22(14-16)35(29,30)28-24-23(26-19-7-5-6-8-20(19)27-24)25-15-11-17(32-2)13-18(12-15)33-3/h5-14H,1-4H3,(H,25,26)(H,27,28). The first-order valence-corrected chi connectivity index (χ1v) is 11.9. The van der Waals surface area contributed by atoms with Gasteiger partial charge in [-0.3, -0.25) is 4.72 Å². The normalized spacial score (nSPS) is 11.1. The van der Waals surface area contributed by atoms with Gasteiger partial charge in [-0.1, -0.05) is 12.1 Å². The van der Waals surface area contributed by atoms with E-state index in [2.05, 4.69) is 20.0 Å². The number of hydrogen-bond donors (Lipinski definition) is 2. The van der Waals surface area contributed by atoms with Gasteiger partial charge in [0, 0.05) is 30.0 Å². The topological polar surface area (TPSA) is 121 Å². The maximum Gasteiger partial charge on any atom is 0.266 e. The van der Waals surface area contributed by atoms with E-state index >= 15 is 0 Å². The quantitative estimate of drug-likeness (QED) is 0.351. The number of rotatable bonds is 9. The summed E-state index contributed by atoms with van der Waals surface area (Å²) in [5, 5.41) is 3.12. The molecule has 35 heavy (non-hydrogen) atoms. The second-order valence-electron chi connectivity index (χ2n) is 7.26. The van der Waals surface area contributed by atoms with Crippen molar-refractivity contribution in [1.29, 1.82) is 0 Å². The van der Waals surface area contributed by atoms with Crippen molar-refractivity contribution in [1.82, 2.24) is 9.97 Å². The molecule has 10 nitrogen and oxygen atoms in total. The van der Waals surface area contributed by atoms with E-state index in [0.29, 0.717) is 34.0 Å². The first-order chi connectivity index (χ1) is 16.9. The van der Waals surface area contributed by atoms with Gasteiger partial charge in [0.25, 0.3) is 10.0 Å². The van der Waals surface area contributed by atoms with E-state index in [1.807, 2.05) is 6.07 Å². The third kappa shape index (κ3) is 5.14. The van der Waals surface area contributed by atoms with Gasteiger partial charge < -0.3 is 24.3 Å². The van der Waals surface area contributed by atoms with Crippen LogP contribution in [0.3, 0.4) is 0 Å². The van der Waals surface area contributed by atoms with Crippen molar-refractivity contribution in [2.24, 2.45) is 0 Å². The summed E-state index contributed by atoms with van der Waals surface area (Å²) < 4.78 is 50.5. The van der Waals surface area contributed by atoms with Crippen LogP contribution in [-0.4, -0.2) is 46.8 Å². The van der Waals surface area contributed by atoms with E-state index in [9.17, 15) is 8.42 Å². The SMILES string of the molecule is COc1cc(Nc2nc3ccccc3nc2NS(=O)(=O)c2cc(OC)ccc2OC)cc(OC)c1. The van der Waals surface area contributed by atoms with Crippen LogP contribution in [0.2, 0.25) is 0 Å². The van der Waals surface area contributed by atoms with E-state index in [4.69, 9.17) is 18.9 Å². The van der Waals surface area contributed by atoms with Gasteiger partial charge in [0.05, 0.1) is 39.5 Å². The largest absolute Gasteiger partial charge is 0.497 e. The lowest BCUT2D eigenvalue weighted by Gasteiger charge is -2.16. The molecule has 0 spiro atoms. The fourth-order valence-electron chi connectivity index (χ4n) is 3.35. The number of ether oxygens (including phenoxy) is 4. The number of nitrogens with one attached hydrogen (secondary N) is 2. The summed E-state index contributed by atoms with van der Waals surface area (Å²) in [5.41, 5.74) is 1.65. The minimum atomic E-state index is -4.14. The molecule has 0 amide bonds. The highest BCUT2D eigenvalue weighted by Gasteiger charge is 2.24. The second kappa shape index (κ2) is 9.94. The highest BCUT2D eigenvalue weighted by atomic mass is 32.2. The monoisotopic (exact) mass is 496 g/mol. The summed E-state index contributed by atoms with van der Waals surface area (Å²) in [5.74, 6) is 1.78. The molecule has 0 aliphatic rings. The lowest BCUT2D eigenvalue weighted by Crippen LogP contribution is -2.17. The van der Waals surface area contributed by atoms with Crippen molar-refractivity contribution >= 4 is 38.4 Å². The fraction of sp³-hybridized carbons (Fsp3) is 0.167. The van der Waals surface area contributed by atoms with Crippen LogP contribution in [0.4, 0.5) is 17.3 Å². The van der Waals surface area contributed by atoms with Gasteiger partial charge in [-0.2, -0.15) is 0 Å². The predicted octanol–water partition coefficient (Wildman–Crippen LogP) is 4.21. The molecule has 3 aromatic carbocycles. The van der Waals surface area contributed by atoms with Crippen molar-refractivity contribution in [3.63, 3.8) is 0 Å². The molecule has 0 bridgehead atoms. The Balaban J connectivity index is 1.81. The number of anilines is 3. The first-order valence-electron chi connectivity index (χ1n) is 10.4. The molecule has 4 aromatic rings. The summed E-state index contributed by atoms with van der Waals surface area (Å²) in [6.45, 7) is 0. The minimum Gasteiger partial charge on any atom is -0.497 e. The van der Waals surface area contributed by atoms with E-state index in [-0.39, 0.29) is 22.3 Å². The van der Waals surface area contributed by atoms with Crippen LogP contribution in [0.1, 0.15) is 0 Å². The van der Waals surface area contributed by atoms with Gasteiger partial charge >= 0.3 is 0 Å². The Morgan fingerprint density at radius 3 is 1.86 bits per heavy atom. The summed E-state index contributed by atoms with van der Waals surface area (Å²) >= 11 is 0. The number of sulfonamides is 1. The number of benzene rings is 3. The average molecular weight is 497 g/mol. The molecular weight excluding hydrogens is 472 g/mol. The van der Waals surface area contributed by atoms with Crippen molar-refractivity contribution < 1.29 is 27.4 Å². The molecule has 0 fully saturated rings. The number of nitrogens with zero attached hydrogens (tertiary/aromatic N) is 2. The van der Waals surface area contributed by atoms with Crippen molar-refractivity contribution in [2.45, 2.75) is 4.90 Å². The van der Waals surface area contributed by atoms with Crippen LogP contribution in [0.5, 0.6) is 23.0 Å². The molecule has 0 aliphatic carbocycles. The highest BCUT2D eigenvalue weighted by Crippen LogP contribution is 2.33. The molecule has 1 heterocycles. The Bertz CT molecular complexity index is 1450. The summed E-state index contributed by atoms with van der Waals surface area (Å²) in [7, 11) is 1.77. The zero-order valence-electron chi connectivity index (χ0n) is 19.5. The lowest BCUT2D eigenvalue weighted by atomic mass is 10.2. The Labute approximate surface area is 202 Å². The fourth-order valence-corrected chi connectivity index (χ4v) is 4.55. The molecule has 0 saturated carbocycles. The summed E-state index contributed by atoms with van der Waals surface area (Å²) in [4.78, 5) is 9.00. The zero-order chi connectivity index (χ0) is 25.0. The number of aromatic nitrogens is 2. The van der Waals surface area contributed by atoms with Crippen LogP contribution >= 0.6 is 0 Å². The van der Waals surface area contributed by atoms with Crippen LogP contribution < -0.4 is 29.0 Å². The molecule has 1 aromatic heterocycles. The van der Waals surface area contributed by atoms with Crippen molar-refractivity contribution in [3.05, 3.63) is 60.7 Å². The Kier molecular flexibility index (Phi) is 6.78. The molecule has 0 saturated heterocycles.